The van der Waals surface area contributed by atoms with Crippen molar-refractivity contribution in [2.75, 3.05) is 17.6 Å². The van der Waals surface area contributed by atoms with Crippen LogP contribution in [0.1, 0.15) is 22.3 Å². The Balaban J connectivity index is 1.98. The van der Waals surface area contributed by atoms with E-state index < -0.39 is 5.91 Å². The Labute approximate surface area is 129 Å². The molecule has 0 saturated heterocycles. The summed E-state index contributed by atoms with van der Waals surface area (Å²) in [6.07, 6.45) is 1.87. The van der Waals surface area contributed by atoms with Gasteiger partial charge in [0.05, 0.1) is 16.3 Å². The van der Waals surface area contributed by atoms with Gasteiger partial charge < -0.3 is 16.8 Å². The van der Waals surface area contributed by atoms with Crippen molar-refractivity contribution in [3.8, 4) is 0 Å². The first-order chi connectivity index (χ1) is 10.1. The Kier molecular flexibility index (Phi) is 5.06. The first kappa shape index (κ1) is 15.2. The fourth-order valence-corrected chi connectivity index (χ4v) is 2.45. The highest BCUT2D eigenvalue weighted by molar-refractivity contribution is 6.34. The van der Waals surface area contributed by atoms with Crippen LogP contribution in [0.5, 0.6) is 0 Å². The molecule has 5 heteroatoms. The zero-order chi connectivity index (χ0) is 15.2. The molecule has 0 spiro atoms. The van der Waals surface area contributed by atoms with Gasteiger partial charge in [-0.1, -0.05) is 41.9 Å². The third-order valence-electron chi connectivity index (χ3n) is 3.16. The third-order valence-corrected chi connectivity index (χ3v) is 3.46. The number of rotatable bonds is 6. The Morgan fingerprint density at radius 2 is 1.90 bits per heavy atom. The van der Waals surface area contributed by atoms with Crippen molar-refractivity contribution in [1.82, 2.24) is 0 Å². The van der Waals surface area contributed by atoms with Crippen molar-refractivity contribution >= 4 is 28.9 Å². The van der Waals surface area contributed by atoms with Crippen LogP contribution in [-0.4, -0.2) is 12.5 Å². The minimum Gasteiger partial charge on any atom is -0.399 e. The number of amides is 1. The summed E-state index contributed by atoms with van der Waals surface area (Å²) in [6.45, 7) is 0.693. The van der Waals surface area contributed by atoms with Gasteiger partial charge in [-0.05, 0) is 30.5 Å². The molecule has 0 fully saturated rings. The molecule has 21 heavy (non-hydrogen) atoms. The van der Waals surface area contributed by atoms with Crippen LogP contribution in [-0.2, 0) is 6.42 Å². The maximum atomic E-state index is 11.4. The number of aryl methyl sites for hydroxylation is 1. The Hall–Kier alpha value is -2.20. The van der Waals surface area contributed by atoms with E-state index in [1.54, 1.807) is 6.07 Å². The molecule has 4 nitrogen and oxygen atoms in total. The normalized spacial score (nSPS) is 10.3. The van der Waals surface area contributed by atoms with E-state index in [2.05, 4.69) is 17.4 Å². The number of anilines is 2. The summed E-state index contributed by atoms with van der Waals surface area (Å²) >= 11 is 6.12. The second-order valence-electron chi connectivity index (χ2n) is 4.81. The van der Waals surface area contributed by atoms with E-state index in [4.69, 9.17) is 23.1 Å². The summed E-state index contributed by atoms with van der Waals surface area (Å²) in [6, 6.07) is 13.3. The number of hydrogen-bond acceptors (Lipinski definition) is 3. The standard InChI is InChI=1S/C16H18ClN3O/c17-14-10-12(18)9-13(16(19)21)15(14)20-8-4-7-11-5-2-1-3-6-11/h1-3,5-6,9-10,20H,4,7-8,18H2,(H2,19,21). The van der Waals surface area contributed by atoms with Crippen LogP contribution >= 0.6 is 11.6 Å². The number of nitrogens with two attached hydrogens (primary N) is 2. The van der Waals surface area contributed by atoms with E-state index in [-0.39, 0.29) is 0 Å². The molecular formula is C16H18ClN3O. The van der Waals surface area contributed by atoms with Crippen LogP contribution in [0.4, 0.5) is 11.4 Å². The largest absolute Gasteiger partial charge is 0.399 e. The summed E-state index contributed by atoms with van der Waals surface area (Å²) < 4.78 is 0. The lowest BCUT2D eigenvalue weighted by Gasteiger charge is -2.13. The number of nitrogens with one attached hydrogen (secondary N) is 1. The number of halogens is 1. The van der Waals surface area contributed by atoms with Gasteiger partial charge in [0.15, 0.2) is 0 Å². The van der Waals surface area contributed by atoms with Crippen molar-refractivity contribution in [3.05, 3.63) is 58.6 Å². The molecule has 0 aliphatic rings. The molecule has 0 aliphatic carbocycles. The minimum atomic E-state index is -0.547. The monoisotopic (exact) mass is 303 g/mol. The van der Waals surface area contributed by atoms with Gasteiger partial charge in [-0.25, -0.2) is 0 Å². The highest BCUT2D eigenvalue weighted by Gasteiger charge is 2.12. The van der Waals surface area contributed by atoms with Gasteiger partial charge in [0, 0.05) is 12.2 Å². The molecule has 0 bridgehead atoms. The number of carbonyl (C=O) groups excluding carboxylic acids is 1. The van der Waals surface area contributed by atoms with Crippen LogP contribution in [0, 0.1) is 0 Å². The van der Waals surface area contributed by atoms with E-state index in [9.17, 15) is 4.79 Å². The van der Waals surface area contributed by atoms with Gasteiger partial charge in [-0.2, -0.15) is 0 Å². The average molecular weight is 304 g/mol. The first-order valence-corrected chi connectivity index (χ1v) is 7.12. The van der Waals surface area contributed by atoms with E-state index in [1.807, 2.05) is 18.2 Å². The predicted molar refractivity (Wildman–Crippen MR) is 87.6 cm³/mol. The lowest BCUT2D eigenvalue weighted by molar-refractivity contribution is 0.100. The topological polar surface area (TPSA) is 81.1 Å². The van der Waals surface area contributed by atoms with Crippen molar-refractivity contribution in [2.45, 2.75) is 12.8 Å². The number of primary amides is 1. The molecule has 2 aromatic rings. The van der Waals surface area contributed by atoms with Crippen LogP contribution in [0.15, 0.2) is 42.5 Å². The number of benzene rings is 2. The highest BCUT2D eigenvalue weighted by atomic mass is 35.5. The second kappa shape index (κ2) is 6.99. The van der Waals surface area contributed by atoms with Gasteiger partial charge in [0.25, 0.3) is 5.91 Å². The fraction of sp³-hybridized carbons (Fsp3) is 0.188. The average Bonchev–Trinajstić information content (AvgIpc) is 2.45. The van der Waals surface area contributed by atoms with Crippen molar-refractivity contribution in [1.29, 1.82) is 0 Å². The van der Waals surface area contributed by atoms with Gasteiger partial charge in [0.2, 0.25) is 0 Å². The summed E-state index contributed by atoms with van der Waals surface area (Å²) in [5, 5.41) is 3.58. The predicted octanol–water partition coefficient (Wildman–Crippen LogP) is 3.07. The van der Waals surface area contributed by atoms with E-state index in [1.165, 1.54) is 11.6 Å². The van der Waals surface area contributed by atoms with Crippen molar-refractivity contribution < 1.29 is 4.79 Å². The van der Waals surface area contributed by atoms with Crippen LogP contribution in [0.2, 0.25) is 5.02 Å². The second-order valence-corrected chi connectivity index (χ2v) is 5.21. The van der Waals surface area contributed by atoms with E-state index in [0.717, 1.165) is 12.8 Å². The van der Waals surface area contributed by atoms with Gasteiger partial charge >= 0.3 is 0 Å². The lowest BCUT2D eigenvalue weighted by Crippen LogP contribution is -2.16. The van der Waals surface area contributed by atoms with Crippen LogP contribution in [0.3, 0.4) is 0 Å². The smallest absolute Gasteiger partial charge is 0.250 e. The zero-order valence-corrected chi connectivity index (χ0v) is 12.4. The molecule has 0 saturated carbocycles. The van der Waals surface area contributed by atoms with Crippen molar-refractivity contribution in [3.63, 3.8) is 0 Å². The van der Waals surface area contributed by atoms with Gasteiger partial charge in [-0.3, -0.25) is 4.79 Å². The molecule has 5 N–H and O–H groups in total. The molecule has 0 aromatic heterocycles. The molecule has 0 aliphatic heterocycles. The van der Waals surface area contributed by atoms with E-state index >= 15 is 0 Å². The first-order valence-electron chi connectivity index (χ1n) is 6.74. The molecule has 0 unspecified atom stereocenters. The number of carbonyl (C=O) groups is 1. The fourth-order valence-electron chi connectivity index (χ4n) is 2.15. The zero-order valence-electron chi connectivity index (χ0n) is 11.6. The molecule has 1 amide bonds. The Morgan fingerprint density at radius 1 is 1.19 bits per heavy atom. The summed E-state index contributed by atoms with van der Waals surface area (Å²) in [5.74, 6) is -0.547. The third kappa shape index (κ3) is 4.13. The summed E-state index contributed by atoms with van der Waals surface area (Å²) in [4.78, 5) is 11.4. The molecule has 2 rings (SSSR count). The molecule has 0 radical (unpaired) electrons. The van der Waals surface area contributed by atoms with E-state index in [0.29, 0.717) is 28.5 Å². The summed E-state index contributed by atoms with van der Waals surface area (Å²) in [5.41, 5.74) is 13.6. The van der Waals surface area contributed by atoms with Gasteiger partial charge in [-0.15, -0.1) is 0 Å². The SMILES string of the molecule is NC(=O)c1cc(N)cc(Cl)c1NCCCc1ccccc1. The Bertz CT molecular complexity index is 629. The molecule has 110 valence electrons. The summed E-state index contributed by atoms with van der Waals surface area (Å²) in [7, 11) is 0. The molecule has 0 atom stereocenters. The number of hydrogen-bond donors (Lipinski definition) is 3. The molecular weight excluding hydrogens is 286 g/mol. The molecule has 0 heterocycles. The molecule has 2 aromatic carbocycles. The highest BCUT2D eigenvalue weighted by Crippen LogP contribution is 2.29. The lowest BCUT2D eigenvalue weighted by atomic mass is 10.1. The van der Waals surface area contributed by atoms with Crippen LogP contribution < -0.4 is 16.8 Å². The van der Waals surface area contributed by atoms with Gasteiger partial charge in [0.1, 0.15) is 0 Å². The maximum Gasteiger partial charge on any atom is 0.250 e. The maximum absolute atomic E-state index is 11.4. The Morgan fingerprint density at radius 3 is 2.57 bits per heavy atom. The van der Waals surface area contributed by atoms with Crippen LogP contribution in [0.25, 0.3) is 0 Å². The quantitative estimate of drug-likeness (QED) is 0.566. The number of nitrogen functional groups attached to an aromatic ring is 1. The minimum absolute atomic E-state index is 0.319. The van der Waals surface area contributed by atoms with Crippen molar-refractivity contribution in [2.24, 2.45) is 5.73 Å².